The minimum absolute atomic E-state index is 0.0162. The zero-order valence-corrected chi connectivity index (χ0v) is 23.9. The number of halogens is 1. The molecule has 9 nitrogen and oxygen atoms in total. The minimum atomic E-state index is -3.65. The zero-order valence-electron chi connectivity index (χ0n) is 21.5. The average Bonchev–Trinajstić information content (AvgIpc) is 3.55. The van der Waals surface area contributed by atoms with E-state index in [4.69, 9.17) is 21.6 Å². The van der Waals surface area contributed by atoms with E-state index in [2.05, 4.69) is 10.3 Å². The highest BCUT2D eigenvalue weighted by Crippen LogP contribution is 2.34. The van der Waals surface area contributed by atoms with Crippen LogP contribution in [0.2, 0.25) is 5.02 Å². The van der Waals surface area contributed by atoms with E-state index in [0.29, 0.717) is 41.7 Å². The molecule has 1 fully saturated rings. The van der Waals surface area contributed by atoms with Crippen molar-refractivity contribution in [3.05, 3.63) is 83.0 Å². The summed E-state index contributed by atoms with van der Waals surface area (Å²) < 4.78 is 29.9. The molecule has 0 bridgehead atoms. The van der Waals surface area contributed by atoms with Crippen LogP contribution in [0.25, 0.3) is 27.6 Å². The Morgan fingerprint density at radius 3 is 2.75 bits per heavy atom. The predicted molar refractivity (Wildman–Crippen MR) is 156 cm³/mol. The van der Waals surface area contributed by atoms with Crippen molar-refractivity contribution in [2.75, 3.05) is 18.4 Å². The molecule has 0 amide bonds. The summed E-state index contributed by atoms with van der Waals surface area (Å²) in [5.74, 6) is 0.388. The van der Waals surface area contributed by atoms with Gasteiger partial charge in [-0.25, -0.2) is 23.4 Å². The number of imidazole rings is 1. The van der Waals surface area contributed by atoms with Crippen molar-refractivity contribution in [3.63, 3.8) is 0 Å². The van der Waals surface area contributed by atoms with Crippen LogP contribution in [-0.2, 0) is 10.0 Å². The first-order valence-corrected chi connectivity index (χ1v) is 15.4. The molecule has 204 valence electrons. The number of hydrogen-bond donors (Lipinski definition) is 1. The standard InChI is InChI=1S/C28H25ClN6O3S2/c1-18(36)19-4-2-5-20(16-19)25-26(35-14-15-39-28(35)33-25)24-11-12-30-27(32-24)31-22-6-3-13-34(17-22)40(37,38)23-9-7-21(29)8-10-23/h2,4-5,7-12,14-16,22H,3,6,13,17H2,1H3,(H,30,31,32)/t22-/m1/s1. The van der Waals surface area contributed by atoms with Gasteiger partial charge in [-0.05, 0) is 56.2 Å². The maximum atomic E-state index is 13.2. The second kappa shape index (κ2) is 10.7. The fraction of sp³-hybridized carbons (Fsp3) is 0.214. The van der Waals surface area contributed by atoms with Crippen molar-refractivity contribution in [2.45, 2.75) is 30.7 Å². The first-order chi connectivity index (χ1) is 19.3. The van der Waals surface area contributed by atoms with Crippen molar-refractivity contribution < 1.29 is 13.2 Å². The number of fused-ring (bicyclic) bond motifs is 1. The lowest BCUT2D eigenvalue weighted by Gasteiger charge is -2.32. The Morgan fingerprint density at radius 1 is 1.12 bits per heavy atom. The van der Waals surface area contributed by atoms with Gasteiger partial charge >= 0.3 is 0 Å². The van der Waals surface area contributed by atoms with Gasteiger partial charge in [-0.2, -0.15) is 4.31 Å². The van der Waals surface area contributed by atoms with Crippen LogP contribution >= 0.6 is 22.9 Å². The van der Waals surface area contributed by atoms with Crippen LogP contribution in [0.1, 0.15) is 30.1 Å². The number of carbonyl (C=O) groups excluding carboxylic acids is 1. The third-order valence-corrected chi connectivity index (χ3v) is 9.76. The molecule has 2 aromatic carbocycles. The summed E-state index contributed by atoms with van der Waals surface area (Å²) >= 11 is 7.46. The van der Waals surface area contributed by atoms with E-state index >= 15 is 0 Å². The zero-order chi connectivity index (χ0) is 27.9. The third-order valence-electron chi connectivity index (χ3n) is 6.87. The number of anilines is 1. The highest BCUT2D eigenvalue weighted by atomic mass is 35.5. The van der Waals surface area contributed by atoms with Crippen molar-refractivity contribution in [3.8, 4) is 22.6 Å². The van der Waals surface area contributed by atoms with Gasteiger partial charge < -0.3 is 5.32 Å². The fourth-order valence-corrected chi connectivity index (χ4v) is 7.26. The Kier molecular flexibility index (Phi) is 7.13. The number of aromatic nitrogens is 4. The molecular weight excluding hydrogens is 568 g/mol. The number of Topliss-reactive ketones (excluding diaryl/α,β-unsaturated/α-hetero) is 1. The van der Waals surface area contributed by atoms with Crippen LogP contribution in [0.3, 0.4) is 0 Å². The van der Waals surface area contributed by atoms with Crippen LogP contribution < -0.4 is 5.32 Å². The molecule has 0 radical (unpaired) electrons. The summed E-state index contributed by atoms with van der Waals surface area (Å²) in [5.41, 5.74) is 3.60. The number of nitrogens with zero attached hydrogens (tertiary/aromatic N) is 5. The number of ketones is 1. The monoisotopic (exact) mass is 592 g/mol. The molecule has 1 saturated heterocycles. The lowest BCUT2D eigenvalue weighted by molar-refractivity contribution is 0.101. The van der Waals surface area contributed by atoms with Crippen LogP contribution in [0.5, 0.6) is 0 Å². The number of benzene rings is 2. The summed E-state index contributed by atoms with van der Waals surface area (Å²) in [5, 5.41) is 5.80. The van der Waals surface area contributed by atoms with Crippen LogP contribution in [-0.4, -0.2) is 57.0 Å². The van der Waals surface area contributed by atoms with Gasteiger partial charge in [0.05, 0.1) is 16.3 Å². The molecule has 0 unspecified atom stereocenters. The van der Waals surface area contributed by atoms with Gasteiger partial charge in [-0.3, -0.25) is 9.20 Å². The molecule has 1 atom stereocenters. The molecule has 6 rings (SSSR count). The van der Waals surface area contributed by atoms with Crippen LogP contribution in [0, 0.1) is 0 Å². The number of nitrogens with one attached hydrogen (secondary N) is 1. The largest absolute Gasteiger partial charge is 0.350 e. The molecule has 5 aromatic rings. The van der Waals surface area contributed by atoms with Gasteiger partial charge in [0.25, 0.3) is 0 Å². The molecule has 40 heavy (non-hydrogen) atoms. The third kappa shape index (κ3) is 5.13. The van der Waals surface area contributed by atoms with Crippen molar-refractivity contribution in [1.29, 1.82) is 0 Å². The molecule has 0 spiro atoms. The van der Waals surface area contributed by atoms with Crippen LogP contribution in [0.15, 0.2) is 77.3 Å². The number of hydrogen-bond acceptors (Lipinski definition) is 8. The molecule has 3 aromatic heterocycles. The van der Waals surface area contributed by atoms with Gasteiger partial charge in [-0.1, -0.05) is 29.8 Å². The van der Waals surface area contributed by atoms with Crippen molar-refractivity contribution in [2.24, 2.45) is 0 Å². The van der Waals surface area contributed by atoms with Crippen molar-refractivity contribution >= 4 is 49.7 Å². The van der Waals surface area contributed by atoms with E-state index in [1.807, 2.05) is 40.2 Å². The summed E-state index contributed by atoms with van der Waals surface area (Å²) in [6, 6.07) is 15.3. The maximum Gasteiger partial charge on any atom is 0.243 e. The van der Waals surface area contributed by atoms with Crippen LogP contribution in [0.4, 0.5) is 5.95 Å². The molecule has 1 N–H and O–H groups in total. The summed E-state index contributed by atoms with van der Waals surface area (Å²) in [4.78, 5) is 27.1. The molecule has 4 heterocycles. The van der Waals surface area contributed by atoms with E-state index in [9.17, 15) is 13.2 Å². The minimum Gasteiger partial charge on any atom is -0.350 e. The summed E-state index contributed by atoms with van der Waals surface area (Å²) in [6.07, 6.45) is 5.11. The number of piperidine rings is 1. The second-order valence-electron chi connectivity index (χ2n) is 9.57. The summed E-state index contributed by atoms with van der Waals surface area (Å²) in [6.45, 7) is 2.28. The smallest absolute Gasteiger partial charge is 0.243 e. The number of carbonyl (C=O) groups is 1. The second-order valence-corrected chi connectivity index (χ2v) is 12.8. The average molecular weight is 593 g/mol. The van der Waals surface area contributed by atoms with E-state index in [1.165, 1.54) is 27.8 Å². The normalized spacial score (nSPS) is 16.3. The Balaban J connectivity index is 1.29. The van der Waals surface area contributed by atoms with Gasteiger partial charge in [0.2, 0.25) is 16.0 Å². The molecule has 1 aliphatic heterocycles. The number of rotatable bonds is 7. The highest BCUT2D eigenvalue weighted by Gasteiger charge is 2.30. The van der Waals surface area contributed by atoms with Gasteiger partial charge in [-0.15, -0.1) is 11.3 Å². The van der Waals surface area contributed by atoms with Gasteiger partial charge in [0, 0.05) is 53.1 Å². The van der Waals surface area contributed by atoms with Crippen molar-refractivity contribution in [1.82, 2.24) is 23.7 Å². The number of thiazole rings is 1. The Bertz CT molecular complexity index is 1820. The molecule has 0 saturated carbocycles. The fourth-order valence-electron chi connectivity index (χ4n) is 4.89. The Hall–Kier alpha value is -3.64. The highest BCUT2D eigenvalue weighted by molar-refractivity contribution is 7.89. The predicted octanol–water partition coefficient (Wildman–Crippen LogP) is 5.64. The van der Waals surface area contributed by atoms with E-state index in [0.717, 1.165) is 28.3 Å². The maximum absolute atomic E-state index is 13.2. The molecule has 1 aliphatic rings. The van der Waals surface area contributed by atoms with E-state index < -0.39 is 10.0 Å². The van der Waals surface area contributed by atoms with E-state index in [-0.39, 0.29) is 16.7 Å². The number of sulfonamides is 1. The lowest BCUT2D eigenvalue weighted by Crippen LogP contribution is -2.45. The topological polar surface area (TPSA) is 110 Å². The Morgan fingerprint density at radius 2 is 1.95 bits per heavy atom. The molecule has 0 aliphatic carbocycles. The first kappa shape index (κ1) is 26.6. The summed E-state index contributed by atoms with van der Waals surface area (Å²) in [7, 11) is -3.65. The van der Waals surface area contributed by atoms with Gasteiger partial charge in [0.15, 0.2) is 10.7 Å². The quantitative estimate of drug-likeness (QED) is 0.244. The lowest BCUT2D eigenvalue weighted by atomic mass is 10.0. The van der Waals surface area contributed by atoms with E-state index in [1.54, 1.807) is 31.3 Å². The Labute approximate surface area is 240 Å². The van der Waals surface area contributed by atoms with Gasteiger partial charge in [0.1, 0.15) is 5.69 Å². The first-order valence-electron chi connectivity index (χ1n) is 12.7. The SMILES string of the molecule is CC(=O)c1cccc(-c2nc3sccn3c2-c2ccnc(N[C@@H]3CCCN(S(=O)(=O)c4ccc(Cl)cc4)C3)n2)c1. The molecule has 12 heteroatoms. The molecular formula is C28H25ClN6O3S2.